The second-order valence-corrected chi connectivity index (χ2v) is 7.70. The first-order chi connectivity index (χ1) is 14.5. The molecule has 0 saturated heterocycles. The summed E-state index contributed by atoms with van der Waals surface area (Å²) in [7, 11) is 0. The number of aliphatic hydroxyl groups excluding tert-OH is 2. The van der Waals surface area contributed by atoms with Gasteiger partial charge in [-0.3, -0.25) is 4.68 Å². The first kappa shape index (κ1) is 20.0. The Hall–Kier alpha value is -3.29. The molecule has 0 amide bonds. The molecule has 2 aromatic carbocycles. The van der Waals surface area contributed by atoms with Crippen LogP contribution in [0, 0.1) is 6.92 Å². The number of aryl methyl sites for hydroxylation is 1. The van der Waals surface area contributed by atoms with Crippen LogP contribution in [-0.4, -0.2) is 43.3 Å². The van der Waals surface area contributed by atoms with Gasteiger partial charge in [-0.25, -0.2) is 0 Å². The highest BCUT2D eigenvalue weighted by Gasteiger charge is 2.25. The Balaban J connectivity index is 1.58. The van der Waals surface area contributed by atoms with Crippen LogP contribution >= 0.6 is 0 Å². The Labute approximate surface area is 174 Å². The van der Waals surface area contributed by atoms with Crippen LogP contribution in [0.5, 0.6) is 0 Å². The number of nitrogens with zero attached hydrogens (tertiary/aromatic N) is 4. The number of hydrogen-bond acceptors (Lipinski definition) is 6. The van der Waals surface area contributed by atoms with E-state index in [-0.39, 0.29) is 13.2 Å². The fourth-order valence-corrected chi connectivity index (χ4v) is 3.26. The van der Waals surface area contributed by atoms with Crippen molar-refractivity contribution < 1.29 is 14.7 Å². The zero-order chi connectivity index (χ0) is 21.1. The maximum atomic E-state index is 9.68. The minimum atomic E-state index is -0.683. The normalized spacial score (nSPS) is 11.7. The van der Waals surface area contributed by atoms with Crippen LogP contribution in [0.15, 0.2) is 65.2 Å². The average Bonchev–Trinajstić information content (AvgIpc) is 3.41. The quantitative estimate of drug-likeness (QED) is 0.491. The van der Waals surface area contributed by atoms with Crippen molar-refractivity contribution in [1.29, 1.82) is 0 Å². The van der Waals surface area contributed by atoms with Crippen molar-refractivity contribution >= 4 is 0 Å². The Morgan fingerprint density at radius 3 is 2.50 bits per heavy atom. The lowest BCUT2D eigenvalue weighted by Crippen LogP contribution is -2.31. The molecule has 0 bridgehead atoms. The maximum absolute atomic E-state index is 9.68. The molecule has 0 saturated carbocycles. The van der Waals surface area contributed by atoms with E-state index < -0.39 is 5.41 Å². The van der Waals surface area contributed by atoms with E-state index in [4.69, 9.17) is 4.52 Å². The van der Waals surface area contributed by atoms with Crippen molar-refractivity contribution in [2.24, 2.45) is 0 Å². The maximum Gasteiger partial charge on any atom is 0.278 e. The zero-order valence-corrected chi connectivity index (χ0v) is 17.0. The highest BCUT2D eigenvalue weighted by Crippen LogP contribution is 2.25. The number of rotatable bonds is 7. The molecule has 154 valence electrons. The molecule has 7 nitrogen and oxygen atoms in total. The molecule has 2 aromatic heterocycles. The van der Waals surface area contributed by atoms with Crippen LogP contribution in [0.3, 0.4) is 0 Å². The van der Waals surface area contributed by atoms with Crippen molar-refractivity contribution in [3.8, 4) is 23.0 Å². The predicted octanol–water partition coefficient (Wildman–Crippen LogP) is 3.20. The highest BCUT2D eigenvalue weighted by molar-refractivity contribution is 5.57. The van der Waals surface area contributed by atoms with Crippen molar-refractivity contribution in [1.82, 2.24) is 19.9 Å². The first-order valence-corrected chi connectivity index (χ1v) is 9.77. The van der Waals surface area contributed by atoms with E-state index in [1.54, 1.807) is 0 Å². The van der Waals surface area contributed by atoms with Gasteiger partial charge in [-0.1, -0.05) is 66.7 Å². The molecule has 0 spiro atoms. The predicted molar refractivity (Wildman–Crippen MR) is 113 cm³/mol. The van der Waals surface area contributed by atoms with Crippen LogP contribution in [0.1, 0.15) is 23.7 Å². The Kier molecular flexibility index (Phi) is 5.48. The summed E-state index contributed by atoms with van der Waals surface area (Å²) in [4.78, 5) is 4.47. The van der Waals surface area contributed by atoms with Gasteiger partial charge in [-0.05, 0) is 24.1 Å². The summed E-state index contributed by atoms with van der Waals surface area (Å²) in [6.07, 6.45) is 0. The van der Waals surface area contributed by atoms with Gasteiger partial charge in [-0.2, -0.15) is 10.1 Å². The van der Waals surface area contributed by atoms with Gasteiger partial charge in [0.1, 0.15) is 0 Å². The lowest BCUT2D eigenvalue weighted by atomic mass is 9.83. The fraction of sp³-hybridized carbons (Fsp3) is 0.261. The molecular weight excluding hydrogens is 380 g/mol. The van der Waals surface area contributed by atoms with Gasteiger partial charge in [0, 0.05) is 16.7 Å². The molecule has 0 aliphatic carbocycles. The van der Waals surface area contributed by atoms with E-state index in [1.807, 2.05) is 79.2 Å². The lowest BCUT2D eigenvalue weighted by molar-refractivity contribution is 0.129. The molecule has 4 aromatic rings. The molecule has 7 heteroatoms. The van der Waals surface area contributed by atoms with Crippen molar-refractivity contribution in [2.75, 3.05) is 13.2 Å². The van der Waals surface area contributed by atoms with Gasteiger partial charge in [-0.15, -0.1) is 0 Å². The van der Waals surface area contributed by atoms with Crippen LogP contribution in [0.25, 0.3) is 23.0 Å². The summed E-state index contributed by atoms with van der Waals surface area (Å²) in [5.41, 5.74) is 3.69. The van der Waals surface area contributed by atoms with E-state index >= 15 is 0 Å². The average molecular weight is 404 g/mol. The molecule has 0 aliphatic rings. The molecule has 0 aliphatic heterocycles. The van der Waals surface area contributed by atoms with Gasteiger partial charge >= 0.3 is 0 Å². The second-order valence-electron chi connectivity index (χ2n) is 7.70. The molecule has 30 heavy (non-hydrogen) atoms. The van der Waals surface area contributed by atoms with E-state index in [1.165, 1.54) is 0 Å². The van der Waals surface area contributed by atoms with E-state index in [9.17, 15) is 10.2 Å². The third-order valence-corrected chi connectivity index (χ3v) is 5.31. The van der Waals surface area contributed by atoms with Gasteiger partial charge in [0.05, 0.1) is 19.8 Å². The van der Waals surface area contributed by atoms with Crippen molar-refractivity contribution in [3.63, 3.8) is 0 Å². The molecule has 2 N–H and O–H groups in total. The summed E-state index contributed by atoms with van der Waals surface area (Å²) in [5.74, 6) is 0.899. The molecule has 0 unspecified atom stereocenters. The molecule has 2 heterocycles. The zero-order valence-electron chi connectivity index (χ0n) is 17.0. The Morgan fingerprint density at radius 1 is 1.00 bits per heavy atom. The third kappa shape index (κ3) is 3.90. The number of benzene rings is 2. The third-order valence-electron chi connectivity index (χ3n) is 5.31. The van der Waals surface area contributed by atoms with Gasteiger partial charge < -0.3 is 14.7 Å². The fourth-order valence-electron chi connectivity index (χ4n) is 3.26. The van der Waals surface area contributed by atoms with Crippen LogP contribution in [0.2, 0.25) is 0 Å². The summed E-state index contributed by atoms with van der Waals surface area (Å²) < 4.78 is 7.30. The van der Waals surface area contributed by atoms with Gasteiger partial charge in [0.15, 0.2) is 5.69 Å². The summed E-state index contributed by atoms with van der Waals surface area (Å²) >= 11 is 0. The minimum absolute atomic E-state index is 0.126. The minimum Gasteiger partial charge on any atom is -0.395 e. The Bertz CT molecular complexity index is 1130. The van der Waals surface area contributed by atoms with Gasteiger partial charge in [0.25, 0.3) is 5.89 Å². The lowest BCUT2D eigenvalue weighted by Gasteiger charge is -2.25. The van der Waals surface area contributed by atoms with Crippen molar-refractivity contribution in [3.05, 3.63) is 77.5 Å². The van der Waals surface area contributed by atoms with Gasteiger partial charge in [0.2, 0.25) is 5.82 Å². The van der Waals surface area contributed by atoms with E-state index in [2.05, 4.69) is 15.2 Å². The van der Waals surface area contributed by atoms with Crippen LogP contribution in [-0.2, 0) is 12.0 Å². The first-order valence-electron chi connectivity index (χ1n) is 9.77. The standard InChI is InChI=1S/C23H24N4O3/c1-16-11-20(22-24-21(26-30-22)18-8-4-3-5-9-18)25-27(16)13-17-7-6-10-19(12-17)23(2,14-28)15-29/h3-12,28-29H,13-15H2,1-2H3. The number of aromatic nitrogens is 4. The Morgan fingerprint density at radius 2 is 1.77 bits per heavy atom. The SMILES string of the molecule is Cc1cc(-c2nc(-c3ccccc3)no2)nn1Cc1cccc(C(C)(CO)CO)c1. The highest BCUT2D eigenvalue weighted by atomic mass is 16.5. The molecular formula is C23H24N4O3. The molecule has 0 radical (unpaired) electrons. The second kappa shape index (κ2) is 8.22. The summed E-state index contributed by atoms with van der Waals surface area (Å²) in [6.45, 7) is 4.10. The summed E-state index contributed by atoms with van der Waals surface area (Å²) in [5, 5.41) is 28.0. The summed E-state index contributed by atoms with van der Waals surface area (Å²) in [6, 6.07) is 19.4. The molecule has 0 atom stereocenters. The number of aliphatic hydroxyl groups is 2. The number of hydrogen-bond donors (Lipinski definition) is 2. The van der Waals surface area contributed by atoms with Crippen LogP contribution < -0.4 is 0 Å². The largest absolute Gasteiger partial charge is 0.395 e. The van der Waals surface area contributed by atoms with Crippen molar-refractivity contribution in [2.45, 2.75) is 25.8 Å². The van der Waals surface area contributed by atoms with E-state index in [0.29, 0.717) is 24.0 Å². The smallest absolute Gasteiger partial charge is 0.278 e. The topological polar surface area (TPSA) is 97.2 Å². The monoisotopic (exact) mass is 404 g/mol. The molecule has 4 rings (SSSR count). The van der Waals surface area contributed by atoms with Crippen LogP contribution in [0.4, 0.5) is 0 Å². The molecule has 0 fully saturated rings. The van der Waals surface area contributed by atoms with E-state index in [0.717, 1.165) is 22.4 Å².